The molecule has 0 amide bonds. The van der Waals surface area contributed by atoms with E-state index in [4.69, 9.17) is 0 Å². The molecule has 2 aromatic carbocycles. The largest absolute Gasteiger partial charge is 0.246 e. The normalized spacial score (nSPS) is 15.3. The van der Waals surface area contributed by atoms with Gasteiger partial charge in [-0.1, -0.05) is 42.5 Å². The molecule has 0 spiro atoms. The standard InChI is InChI=1S/C16H16FNO2S/c17-15-8-4-5-9-16(15)21(19,20)18(14-10-11-14)12-13-6-2-1-3-7-13/h1-9,14H,10-12H2. The Balaban J connectivity index is 1.96. The highest BCUT2D eigenvalue weighted by molar-refractivity contribution is 7.89. The van der Waals surface area contributed by atoms with Gasteiger partial charge in [0, 0.05) is 12.6 Å². The Morgan fingerprint density at radius 2 is 1.62 bits per heavy atom. The Morgan fingerprint density at radius 1 is 1.00 bits per heavy atom. The first-order valence-electron chi connectivity index (χ1n) is 6.89. The average molecular weight is 305 g/mol. The minimum atomic E-state index is -3.81. The summed E-state index contributed by atoms with van der Waals surface area (Å²) in [6.07, 6.45) is 1.67. The predicted octanol–water partition coefficient (Wildman–Crippen LogP) is 3.18. The van der Waals surface area contributed by atoms with E-state index in [1.807, 2.05) is 30.3 Å². The molecule has 0 saturated heterocycles. The van der Waals surface area contributed by atoms with Crippen LogP contribution in [0.25, 0.3) is 0 Å². The molecule has 0 N–H and O–H groups in total. The van der Waals surface area contributed by atoms with Gasteiger partial charge in [-0.05, 0) is 30.5 Å². The van der Waals surface area contributed by atoms with E-state index >= 15 is 0 Å². The second-order valence-corrected chi connectivity index (χ2v) is 7.06. The molecule has 0 heterocycles. The van der Waals surface area contributed by atoms with E-state index in [1.54, 1.807) is 6.07 Å². The SMILES string of the molecule is O=S(=O)(c1ccccc1F)N(Cc1ccccc1)C1CC1. The van der Waals surface area contributed by atoms with Crippen LogP contribution in [0.15, 0.2) is 59.5 Å². The van der Waals surface area contributed by atoms with Gasteiger partial charge < -0.3 is 0 Å². The average Bonchev–Trinajstić information content (AvgIpc) is 3.30. The third kappa shape index (κ3) is 2.99. The Hall–Kier alpha value is -1.72. The van der Waals surface area contributed by atoms with Crippen molar-refractivity contribution in [1.82, 2.24) is 4.31 Å². The first-order chi connectivity index (χ1) is 10.1. The van der Waals surface area contributed by atoms with Crippen molar-refractivity contribution in [2.75, 3.05) is 0 Å². The monoisotopic (exact) mass is 305 g/mol. The predicted molar refractivity (Wildman–Crippen MR) is 78.6 cm³/mol. The van der Waals surface area contributed by atoms with Gasteiger partial charge in [-0.3, -0.25) is 0 Å². The van der Waals surface area contributed by atoms with Crippen molar-refractivity contribution >= 4 is 10.0 Å². The summed E-state index contributed by atoms with van der Waals surface area (Å²) in [7, 11) is -3.81. The molecule has 1 aliphatic carbocycles. The van der Waals surface area contributed by atoms with Crippen molar-refractivity contribution < 1.29 is 12.8 Å². The highest BCUT2D eigenvalue weighted by Gasteiger charge is 2.39. The zero-order valence-electron chi connectivity index (χ0n) is 11.4. The third-order valence-electron chi connectivity index (χ3n) is 3.56. The second-order valence-electron chi connectivity index (χ2n) is 5.20. The summed E-state index contributed by atoms with van der Waals surface area (Å²) in [5, 5.41) is 0. The van der Waals surface area contributed by atoms with Gasteiger partial charge in [0.2, 0.25) is 10.0 Å². The van der Waals surface area contributed by atoms with Gasteiger partial charge in [-0.15, -0.1) is 0 Å². The second kappa shape index (κ2) is 5.58. The molecule has 0 radical (unpaired) electrons. The topological polar surface area (TPSA) is 37.4 Å². The van der Waals surface area contributed by atoms with Crippen LogP contribution in [0, 0.1) is 5.82 Å². The Morgan fingerprint density at radius 3 is 2.24 bits per heavy atom. The number of benzene rings is 2. The molecule has 0 aromatic heterocycles. The molecule has 0 aliphatic heterocycles. The molecule has 1 fully saturated rings. The first-order valence-corrected chi connectivity index (χ1v) is 8.33. The van der Waals surface area contributed by atoms with Crippen molar-refractivity contribution in [2.24, 2.45) is 0 Å². The Kier molecular flexibility index (Phi) is 3.78. The minimum Gasteiger partial charge on any atom is -0.207 e. The third-order valence-corrected chi connectivity index (χ3v) is 5.49. The lowest BCUT2D eigenvalue weighted by Crippen LogP contribution is -2.33. The maximum Gasteiger partial charge on any atom is 0.246 e. The van der Waals surface area contributed by atoms with Gasteiger partial charge in [-0.25, -0.2) is 12.8 Å². The van der Waals surface area contributed by atoms with Crippen molar-refractivity contribution in [3.63, 3.8) is 0 Å². The van der Waals surface area contributed by atoms with Crippen molar-refractivity contribution in [3.8, 4) is 0 Å². The Bertz CT molecular complexity index is 727. The lowest BCUT2D eigenvalue weighted by molar-refractivity contribution is 0.395. The number of hydrogen-bond acceptors (Lipinski definition) is 2. The molecular formula is C16H16FNO2S. The molecule has 3 nitrogen and oxygen atoms in total. The van der Waals surface area contributed by atoms with E-state index in [-0.39, 0.29) is 17.5 Å². The van der Waals surface area contributed by atoms with Crippen LogP contribution >= 0.6 is 0 Å². The van der Waals surface area contributed by atoms with Gasteiger partial charge >= 0.3 is 0 Å². The first kappa shape index (κ1) is 14.2. The van der Waals surface area contributed by atoms with Crippen LogP contribution in [0.2, 0.25) is 0 Å². The van der Waals surface area contributed by atoms with Crippen LogP contribution in [0.1, 0.15) is 18.4 Å². The van der Waals surface area contributed by atoms with E-state index in [0.29, 0.717) is 0 Å². The van der Waals surface area contributed by atoms with Crippen molar-refractivity contribution in [2.45, 2.75) is 30.3 Å². The molecule has 1 saturated carbocycles. The fourth-order valence-corrected chi connectivity index (χ4v) is 4.06. The molecule has 0 bridgehead atoms. The summed E-state index contributed by atoms with van der Waals surface area (Å²) < 4.78 is 40.7. The van der Waals surface area contributed by atoms with Gasteiger partial charge in [0.25, 0.3) is 0 Å². The van der Waals surface area contributed by atoms with Gasteiger partial charge in [0.15, 0.2) is 0 Å². The lowest BCUT2D eigenvalue weighted by atomic mass is 10.2. The molecule has 3 rings (SSSR count). The van der Waals surface area contributed by atoms with Crippen LogP contribution in [-0.2, 0) is 16.6 Å². The zero-order valence-corrected chi connectivity index (χ0v) is 12.3. The van der Waals surface area contributed by atoms with Crippen LogP contribution < -0.4 is 0 Å². The highest BCUT2D eigenvalue weighted by Crippen LogP contribution is 2.34. The van der Waals surface area contributed by atoms with Crippen LogP contribution in [0.4, 0.5) is 4.39 Å². The molecule has 5 heteroatoms. The van der Waals surface area contributed by atoms with Crippen LogP contribution in [0.5, 0.6) is 0 Å². The number of halogens is 1. The van der Waals surface area contributed by atoms with Gasteiger partial charge in [-0.2, -0.15) is 4.31 Å². The van der Waals surface area contributed by atoms with Gasteiger partial charge in [0.1, 0.15) is 10.7 Å². The highest BCUT2D eigenvalue weighted by atomic mass is 32.2. The maximum atomic E-state index is 13.9. The quantitative estimate of drug-likeness (QED) is 0.851. The fraction of sp³-hybridized carbons (Fsp3) is 0.250. The van der Waals surface area contributed by atoms with E-state index in [2.05, 4.69) is 0 Å². The summed E-state index contributed by atoms with van der Waals surface area (Å²) in [4.78, 5) is -0.243. The van der Waals surface area contributed by atoms with E-state index < -0.39 is 15.8 Å². The number of nitrogens with zero attached hydrogens (tertiary/aromatic N) is 1. The lowest BCUT2D eigenvalue weighted by Gasteiger charge is -2.22. The van der Waals surface area contributed by atoms with Crippen molar-refractivity contribution in [3.05, 3.63) is 66.0 Å². The smallest absolute Gasteiger partial charge is 0.207 e. The fourth-order valence-electron chi connectivity index (χ4n) is 2.32. The zero-order chi connectivity index (χ0) is 14.9. The van der Waals surface area contributed by atoms with Crippen molar-refractivity contribution in [1.29, 1.82) is 0 Å². The summed E-state index contributed by atoms with van der Waals surface area (Å²) >= 11 is 0. The molecule has 110 valence electrons. The van der Waals surface area contributed by atoms with E-state index in [9.17, 15) is 12.8 Å². The van der Waals surface area contributed by atoms with E-state index in [0.717, 1.165) is 18.4 Å². The summed E-state index contributed by atoms with van der Waals surface area (Å²) in [5.41, 5.74) is 0.907. The molecule has 1 aliphatic rings. The summed E-state index contributed by atoms with van der Waals surface area (Å²) in [6, 6.07) is 14.9. The van der Waals surface area contributed by atoms with E-state index in [1.165, 1.54) is 22.5 Å². The molecule has 0 unspecified atom stereocenters. The Labute approximate surface area is 124 Å². The molecule has 0 atom stereocenters. The van der Waals surface area contributed by atoms with Crippen LogP contribution in [0.3, 0.4) is 0 Å². The summed E-state index contributed by atoms with van der Waals surface area (Å²) in [6.45, 7) is 0.280. The number of hydrogen-bond donors (Lipinski definition) is 0. The maximum absolute atomic E-state index is 13.9. The van der Waals surface area contributed by atoms with Crippen LogP contribution in [-0.4, -0.2) is 18.8 Å². The summed E-state index contributed by atoms with van der Waals surface area (Å²) in [5.74, 6) is -0.698. The number of rotatable bonds is 5. The molecule has 21 heavy (non-hydrogen) atoms. The molecular weight excluding hydrogens is 289 g/mol. The van der Waals surface area contributed by atoms with Gasteiger partial charge in [0.05, 0.1) is 0 Å². The number of sulfonamides is 1. The minimum absolute atomic E-state index is 0.0187. The molecule has 2 aromatic rings.